The maximum absolute atomic E-state index is 6.21. The van der Waals surface area contributed by atoms with Crippen LogP contribution in [0.5, 0.6) is 0 Å². The van der Waals surface area contributed by atoms with Gasteiger partial charge in [0.2, 0.25) is 0 Å². The summed E-state index contributed by atoms with van der Waals surface area (Å²) in [6.07, 6.45) is 4.61. The summed E-state index contributed by atoms with van der Waals surface area (Å²) in [6, 6.07) is 20.1. The van der Waals surface area contributed by atoms with Crippen molar-refractivity contribution in [3.8, 4) is 0 Å². The Bertz CT molecular complexity index is 984. The predicted octanol–water partition coefficient (Wildman–Crippen LogP) is 4.72. The van der Waals surface area contributed by atoms with Crippen LogP contribution in [-0.2, 0) is 35.2 Å². The third kappa shape index (κ3) is 9.09. The van der Waals surface area contributed by atoms with Crippen molar-refractivity contribution in [3.63, 3.8) is 0 Å². The predicted molar refractivity (Wildman–Crippen MR) is 141 cm³/mol. The first-order valence-corrected chi connectivity index (χ1v) is 12.8. The van der Waals surface area contributed by atoms with Crippen LogP contribution in [0.15, 0.2) is 83.6 Å². The van der Waals surface area contributed by atoms with Crippen LogP contribution in [-0.4, -0.2) is 63.8 Å². The van der Waals surface area contributed by atoms with Crippen molar-refractivity contribution in [3.05, 3.63) is 84.4 Å². The molecule has 2 aliphatic rings. The second-order valence-corrected chi connectivity index (χ2v) is 9.04. The molecule has 198 valence electrons. The zero-order valence-electron chi connectivity index (χ0n) is 21.2. The van der Waals surface area contributed by atoms with E-state index in [4.69, 9.17) is 28.6 Å². The summed E-state index contributed by atoms with van der Waals surface area (Å²) >= 11 is 0. The van der Waals surface area contributed by atoms with Gasteiger partial charge in [0.25, 0.3) is 0 Å². The molecule has 4 rings (SSSR count). The van der Waals surface area contributed by atoms with E-state index in [2.05, 4.69) is 16.9 Å². The van der Waals surface area contributed by atoms with Crippen molar-refractivity contribution < 1.29 is 28.6 Å². The van der Waals surface area contributed by atoms with Crippen LogP contribution in [0.3, 0.4) is 0 Å². The van der Waals surface area contributed by atoms with E-state index in [-0.39, 0.29) is 24.9 Å². The summed E-state index contributed by atoms with van der Waals surface area (Å²) in [7, 11) is 0. The summed E-state index contributed by atoms with van der Waals surface area (Å²) < 4.78 is 23.8. The summed E-state index contributed by atoms with van der Waals surface area (Å²) in [5.41, 5.74) is 3.15. The minimum atomic E-state index is -0.266. The number of benzene rings is 2. The number of rotatable bonds is 16. The van der Waals surface area contributed by atoms with Crippen LogP contribution < -0.4 is 0 Å². The molecular formula is C29H36N2O6. The van der Waals surface area contributed by atoms with E-state index < -0.39 is 0 Å². The molecule has 4 unspecified atom stereocenters. The first-order chi connectivity index (χ1) is 18.3. The normalized spacial score (nSPS) is 20.6. The van der Waals surface area contributed by atoms with Crippen molar-refractivity contribution in [1.29, 1.82) is 0 Å². The second kappa shape index (κ2) is 15.3. The van der Waals surface area contributed by atoms with E-state index in [1.807, 2.05) is 66.7 Å². The molecule has 0 N–H and O–H groups in total. The quantitative estimate of drug-likeness (QED) is 0.186. The topological polar surface area (TPSA) is 80.1 Å². The second-order valence-electron chi connectivity index (χ2n) is 9.04. The van der Waals surface area contributed by atoms with Crippen LogP contribution in [0.1, 0.15) is 30.1 Å². The molecule has 8 nitrogen and oxygen atoms in total. The molecule has 1 saturated heterocycles. The van der Waals surface area contributed by atoms with Gasteiger partial charge in [-0.15, -0.1) is 6.58 Å². The van der Waals surface area contributed by atoms with E-state index >= 15 is 0 Å². The number of fused-ring (bicyclic) bond motifs is 1. The molecule has 37 heavy (non-hydrogen) atoms. The smallest absolute Gasteiger partial charge is 0.147 e. The molecule has 2 aromatic rings. The van der Waals surface area contributed by atoms with E-state index in [0.29, 0.717) is 52.0 Å². The Kier molecular flexibility index (Phi) is 11.1. The van der Waals surface area contributed by atoms with Gasteiger partial charge in [-0.05, 0) is 24.0 Å². The Morgan fingerprint density at radius 3 is 2.68 bits per heavy atom. The third-order valence-electron chi connectivity index (χ3n) is 6.22. The molecule has 8 heteroatoms. The Morgan fingerprint density at radius 1 is 1.05 bits per heavy atom. The van der Waals surface area contributed by atoms with E-state index in [1.165, 1.54) is 0 Å². The first-order valence-electron chi connectivity index (χ1n) is 12.8. The Hall–Kier alpha value is -3.04. The Balaban J connectivity index is 1.17. The van der Waals surface area contributed by atoms with Gasteiger partial charge in [-0.25, -0.2) is 0 Å². The van der Waals surface area contributed by atoms with Crippen LogP contribution in [0.25, 0.3) is 0 Å². The molecule has 0 spiro atoms. The molecule has 0 saturated carbocycles. The molecule has 0 aromatic heterocycles. The lowest BCUT2D eigenvalue weighted by atomic mass is 9.95. The molecule has 0 aliphatic carbocycles. The average molecular weight is 509 g/mol. The van der Waals surface area contributed by atoms with E-state index in [0.717, 1.165) is 23.3 Å². The van der Waals surface area contributed by atoms with Gasteiger partial charge in [0, 0.05) is 5.92 Å². The highest BCUT2D eigenvalue weighted by Gasteiger charge is 2.32. The summed E-state index contributed by atoms with van der Waals surface area (Å²) in [5.74, 6) is 0.326. The molecule has 2 heterocycles. The molecule has 2 aromatic carbocycles. The molecular weight excluding hydrogens is 472 g/mol. The fourth-order valence-electron chi connectivity index (χ4n) is 4.19. The molecule has 2 aliphatic heterocycles. The summed E-state index contributed by atoms with van der Waals surface area (Å²) in [5, 5.41) is 8.12. The maximum atomic E-state index is 6.21. The van der Waals surface area contributed by atoms with Crippen LogP contribution in [0.4, 0.5) is 0 Å². The molecule has 1 fully saturated rings. The third-order valence-corrected chi connectivity index (χ3v) is 6.22. The van der Waals surface area contributed by atoms with Crippen molar-refractivity contribution in [1.82, 2.24) is 0 Å². The van der Waals surface area contributed by atoms with Crippen molar-refractivity contribution >= 4 is 11.9 Å². The lowest BCUT2D eigenvalue weighted by molar-refractivity contribution is -0.0736. The lowest BCUT2D eigenvalue weighted by Gasteiger charge is -2.28. The summed E-state index contributed by atoms with van der Waals surface area (Å²) in [6.45, 7) is 7.02. The van der Waals surface area contributed by atoms with Gasteiger partial charge < -0.3 is 28.6 Å². The Morgan fingerprint density at radius 2 is 1.86 bits per heavy atom. The lowest BCUT2D eigenvalue weighted by Crippen LogP contribution is -2.36. The van der Waals surface area contributed by atoms with E-state index in [9.17, 15) is 0 Å². The van der Waals surface area contributed by atoms with Crippen LogP contribution >= 0.6 is 0 Å². The van der Waals surface area contributed by atoms with Gasteiger partial charge >= 0.3 is 0 Å². The standard InChI is InChI=1S/C29H36N2O6/c1-2-9-26(19-32-17-23-10-5-3-6-11-23)33-15-14-30-36-22-29(24-12-7-4-8-13-24)35-20-27-16-25-18-37-31-28(25)21-34-27/h2-8,10-14,25-27,29H,1,9,15-22H2. The summed E-state index contributed by atoms with van der Waals surface area (Å²) in [4.78, 5) is 10.8. The highest BCUT2D eigenvalue weighted by molar-refractivity contribution is 5.89. The highest BCUT2D eigenvalue weighted by Crippen LogP contribution is 2.25. The minimum absolute atomic E-state index is 0.000308. The van der Waals surface area contributed by atoms with Crippen molar-refractivity contribution in [2.24, 2.45) is 16.2 Å². The average Bonchev–Trinajstić information content (AvgIpc) is 3.41. The first kappa shape index (κ1) is 27.0. The van der Waals surface area contributed by atoms with Gasteiger partial charge in [-0.3, -0.25) is 0 Å². The zero-order chi connectivity index (χ0) is 25.5. The van der Waals surface area contributed by atoms with Crippen molar-refractivity contribution in [2.45, 2.75) is 37.8 Å². The van der Waals surface area contributed by atoms with Gasteiger partial charge in [-0.2, -0.15) is 0 Å². The fourth-order valence-corrected chi connectivity index (χ4v) is 4.19. The van der Waals surface area contributed by atoms with Crippen LogP contribution in [0, 0.1) is 5.92 Å². The number of ether oxygens (including phenoxy) is 4. The fraction of sp³-hybridized carbons (Fsp3) is 0.448. The van der Waals surface area contributed by atoms with Gasteiger partial charge in [-0.1, -0.05) is 77.1 Å². The Labute approximate surface area is 218 Å². The van der Waals surface area contributed by atoms with E-state index in [1.54, 1.807) is 6.21 Å². The molecule has 0 amide bonds. The SMILES string of the molecule is C=CCC(COCc1ccccc1)OCC=NOCC(OCC1CC2CON=C2CO1)c1ccccc1. The minimum Gasteiger partial charge on any atom is -0.395 e. The van der Waals surface area contributed by atoms with Crippen LogP contribution in [0.2, 0.25) is 0 Å². The number of hydrogen-bond acceptors (Lipinski definition) is 8. The molecule has 0 bridgehead atoms. The highest BCUT2D eigenvalue weighted by atomic mass is 16.6. The number of oxime groups is 2. The molecule has 4 atom stereocenters. The monoisotopic (exact) mass is 508 g/mol. The van der Waals surface area contributed by atoms with Gasteiger partial charge in [0.15, 0.2) is 0 Å². The molecule has 0 radical (unpaired) electrons. The number of hydrogen-bond donors (Lipinski definition) is 0. The largest absolute Gasteiger partial charge is 0.395 e. The van der Waals surface area contributed by atoms with Crippen molar-refractivity contribution in [2.75, 3.05) is 39.6 Å². The number of nitrogens with zero attached hydrogens (tertiary/aromatic N) is 2. The van der Waals surface area contributed by atoms with Gasteiger partial charge in [0.1, 0.15) is 19.3 Å². The zero-order valence-corrected chi connectivity index (χ0v) is 21.2. The maximum Gasteiger partial charge on any atom is 0.147 e. The van der Waals surface area contributed by atoms with Gasteiger partial charge in [0.05, 0.1) is 57.2 Å².